The molecule has 0 aromatic heterocycles. The van der Waals surface area contributed by atoms with Gasteiger partial charge in [0, 0.05) is 18.2 Å². The van der Waals surface area contributed by atoms with Crippen molar-refractivity contribution >= 4 is 26.0 Å². The molecule has 20 heavy (non-hydrogen) atoms. The van der Waals surface area contributed by atoms with E-state index >= 15 is 0 Å². The third-order valence-electron chi connectivity index (χ3n) is 3.38. The lowest BCUT2D eigenvalue weighted by atomic mass is 10.0. The Balaban J connectivity index is 2.17. The Morgan fingerprint density at radius 2 is 2.20 bits per heavy atom. The van der Waals surface area contributed by atoms with Crippen molar-refractivity contribution in [3.05, 3.63) is 22.7 Å². The molecule has 0 radical (unpaired) electrons. The molecule has 2 N–H and O–H groups in total. The summed E-state index contributed by atoms with van der Waals surface area (Å²) in [6.45, 7) is 2.89. The third-order valence-corrected chi connectivity index (χ3v) is 5.55. The first-order chi connectivity index (χ1) is 9.42. The summed E-state index contributed by atoms with van der Waals surface area (Å²) in [5.41, 5.74) is 0. The Morgan fingerprint density at radius 3 is 2.85 bits per heavy atom. The van der Waals surface area contributed by atoms with Crippen molar-refractivity contribution in [2.45, 2.75) is 36.7 Å². The number of benzene rings is 1. The molecule has 1 aliphatic rings. The van der Waals surface area contributed by atoms with Crippen LogP contribution in [-0.4, -0.2) is 34.2 Å². The van der Waals surface area contributed by atoms with Crippen molar-refractivity contribution in [3.8, 4) is 5.75 Å². The van der Waals surface area contributed by atoms with Crippen molar-refractivity contribution in [1.29, 1.82) is 0 Å². The fourth-order valence-corrected chi connectivity index (χ4v) is 4.04. The minimum atomic E-state index is -3.51. The Kier molecular flexibility index (Phi) is 5.06. The maximum atomic E-state index is 12.4. The van der Waals surface area contributed by atoms with Crippen LogP contribution in [0, 0.1) is 0 Å². The van der Waals surface area contributed by atoms with Crippen LogP contribution in [0.2, 0.25) is 0 Å². The minimum Gasteiger partial charge on any atom is -0.496 e. The molecule has 2 unspecified atom stereocenters. The van der Waals surface area contributed by atoms with E-state index in [4.69, 9.17) is 4.74 Å². The topological polar surface area (TPSA) is 67.4 Å². The standard InChI is InChI=1S/C13H19BrN2O3S/c1-9-7-10(5-6-15-9)16-20(17,18)11-3-4-12(14)13(8-11)19-2/h3-4,8-10,15-16H,5-7H2,1-2H3. The zero-order chi connectivity index (χ0) is 14.8. The van der Waals surface area contributed by atoms with E-state index in [0.717, 1.165) is 23.9 Å². The summed E-state index contributed by atoms with van der Waals surface area (Å²) in [7, 11) is -2.00. The van der Waals surface area contributed by atoms with Gasteiger partial charge in [-0.05, 0) is 54.4 Å². The third kappa shape index (κ3) is 3.72. The van der Waals surface area contributed by atoms with E-state index in [1.807, 2.05) is 0 Å². The number of piperidine rings is 1. The number of ether oxygens (including phenoxy) is 1. The van der Waals surface area contributed by atoms with Gasteiger partial charge in [0.25, 0.3) is 0 Å². The van der Waals surface area contributed by atoms with Gasteiger partial charge >= 0.3 is 0 Å². The highest BCUT2D eigenvalue weighted by atomic mass is 79.9. The summed E-state index contributed by atoms with van der Waals surface area (Å²) in [6.07, 6.45) is 1.60. The van der Waals surface area contributed by atoms with Crippen LogP contribution in [0.4, 0.5) is 0 Å². The fraction of sp³-hybridized carbons (Fsp3) is 0.538. The first-order valence-electron chi connectivity index (χ1n) is 6.51. The lowest BCUT2D eigenvalue weighted by molar-refractivity contribution is 0.361. The maximum absolute atomic E-state index is 12.4. The first kappa shape index (κ1) is 15.8. The average Bonchev–Trinajstić information content (AvgIpc) is 2.38. The van der Waals surface area contributed by atoms with Crippen LogP contribution in [0.5, 0.6) is 5.75 Å². The molecule has 0 saturated carbocycles. The summed E-state index contributed by atoms with van der Waals surface area (Å²) in [6, 6.07) is 5.08. The highest BCUT2D eigenvalue weighted by Gasteiger charge is 2.24. The van der Waals surface area contributed by atoms with E-state index in [1.54, 1.807) is 12.1 Å². The quantitative estimate of drug-likeness (QED) is 0.857. The van der Waals surface area contributed by atoms with Gasteiger partial charge in [0.2, 0.25) is 10.0 Å². The van der Waals surface area contributed by atoms with Crippen molar-refractivity contribution in [2.75, 3.05) is 13.7 Å². The monoisotopic (exact) mass is 362 g/mol. The Hall–Kier alpha value is -0.630. The van der Waals surface area contributed by atoms with Gasteiger partial charge in [0.15, 0.2) is 0 Å². The van der Waals surface area contributed by atoms with Gasteiger partial charge < -0.3 is 10.1 Å². The van der Waals surface area contributed by atoms with E-state index in [1.165, 1.54) is 13.2 Å². The molecule has 1 aromatic carbocycles. The molecule has 0 spiro atoms. The SMILES string of the molecule is COc1cc(S(=O)(=O)NC2CCNC(C)C2)ccc1Br. The zero-order valence-electron chi connectivity index (χ0n) is 11.5. The number of methoxy groups -OCH3 is 1. The lowest BCUT2D eigenvalue weighted by Crippen LogP contribution is -2.46. The summed E-state index contributed by atoms with van der Waals surface area (Å²) >= 11 is 3.32. The Morgan fingerprint density at radius 1 is 1.45 bits per heavy atom. The van der Waals surface area contributed by atoms with E-state index in [2.05, 4.69) is 32.9 Å². The summed E-state index contributed by atoms with van der Waals surface area (Å²) in [5, 5.41) is 3.30. The number of nitrogens with one attached hydrogen (secondary N) is 2. The molecular formula is C13H19BrN2O3S. The molecule has 112 valence electrons. The number of rotatable bonds is 4. The largest absolute Gasteiger partial charge is 0.496 e. The molecule has 7 heteroatoms. The first-order valence-corrected chi connectivity index (χ1v) is 8.79. The van der Waals surface area contributed by atoms with Crippen molar-refractivity contribution in [1.82, 2.24) is 10.0 Å². The van der Waals surface area contributed by atoms with E-state index in [-0.39, 0.29) is 10.9 Å². The summed E-state index contributed by atoms with van der Waals surface area (Å²) in [5.74, 6) is 0.506. The fourth-order valence-electron chi connectivity index (χ4n) is 2.33. The molecule has 1 aromatic rings. The molecule has 2 atom stereocenters. The number of halogens is 1. The molecule has 0 bridgehead atoms. The van der Waals surface area contributed by atoms with Crippen LogP contribution < -0.4 is 14.8 Å². The van der Waals surface area contributed by atoms with Gasteiger partial charge in [-0.1, -0.05) is 0 Å². The molecule has 1 aliphatic heterocycles. The summed E-state index contributed by atoms with van der Waals surface area (Å²) in [4.78, 5) is 0.226. The maximum Gasteiger partial charge on any atom is 0.240 e. The lowest BCUT2D eigenvalue weighted by Gasteiger charge is -2.28. The van der Waals surface area contributed by atoms with Crippen LogP contribution in [0.3, 0.4) is 0 Å². The second kappa shape index (κ2) is 6.43. The molecular weight excluding hydrogens is 344 g/mol. The van der Waals surface area contributed by atoms with E-state index < -0.39 is 10.0 Å². The Bertz CT molecular complexity index is 577. The van der Waals surface area contributed by atoms with E-state index in [9.17, 15) is 8.42 Å². The normalized spacial score (nSPS) is 23.6. The van der Waals surface area contributed by atoms with Gasteiger partial charge in [-0.2, -0.15) is 0 Å². The predicted octanol–water partition coefficient (Wildman–Crippen LogP) is 1.88. The smallest absolute Gasteiger partial charge is 0.240 e. The minimum absolute atomic E-state index is 0.0223. The van der Waals surface area contributed by atoms with E-state index in [0.29, 0.717) is 11.8 Å². The van der Waals surface area contributed by atoms with Gasteiger partial charge in [-0.15, -0.1) is 0 Å². The van der Waals surface area contributed by atoms with Crippen LogP contribution in [-0.2, 0) is 10.0 Å². The van der Waals surface area contributed by atoms with Gasteiger partial charge in [-0.25, -0.2) is 13.1 Å². The van der Waals surface area contributed by atoms with Gasteiger partial charge in [0.1, 0.15) is 5.75 Å². The zero-order valence-corrected chi connectivity index (χ0v) is 13.9. The van der Waals surface area contributed by atoms with Crippen LogP contribution in [0.25, 0.3) is 0 Å². The van der Waals surface area contributed by atoms with Crippen molar-refractivity contribution < 1.29 is 13.2 Å². The second-order valence-corrected chi connectivity index (χ2v) is 7.56. The highest BCUT2D eigenvalue weighted by molar-refractivity contribution is 9.10. The van der Waals surface area contributed by atoms with Gasteiger partial charge in [-0.3, -0.25) is 0 Å². The van der Waals surface area contributed by atoms with Crippen LogP contribution >= 0.6 is 15.9 Å². The van der Waals surface area contributed by atoms with Crippen LogP contribution in [0.15, 0.2) is 27.6 Å². The molecule has 1 saturated heterocycles. The molecule has 0 aliphatic carbocycles. The molecule has 1 heterocycles. The number of hydrogen-bond donors (Lipinski definition) is 2. The second-order valence-electron chi connectivity index (χ2n) is 4.99. The van der Waals surface area contributed by atoms with Crippen molar-refractivity contribution in [3.63, 3.8) is 0 Å². The molecule has 5 nitrogen and oxygen atoms in total. The molecule has 2 rings (SSSR count). The predicted molar refractivity (Wildman–Crippen MR) is 81.5 cm³/mol. The number of sulfonamides is 1. The van der Waals surface area contributed by atoms with Crippen LogP contribution in [0.1, 0.15) is 19.8 Å². The highest BCUT2D eigenvalue weighted by Crippen LogP contribution is 2.27. The molecule has 0 amide bonds. The van der Waals surface area contributed by atoms with Crippen molar-refractivity contribution in [2.24, 2.45) is 0 Å². The Labute approximate surface area is 128 Å². The van der Waals surface area contributed by atoms with Gasteiger partial charge in [0.05, 0.1) is 16.5 Å². The molecule has 1 fully saturated rings. The summed E-state index contributed by atoms with van der Waals surface area (Å²) < 4.78 is 33.4. The average molecular weight is 363 g/mol. The number of hydrogen-bond acceptors (Lipinski definition) is 4.